The standard InChI is InChI=1S/C21H32O2/c1-15(2)18-11-10-16(3)8-6-7-9-17(4)12-19(22)14-21(5)20(13-18)23-21/h8,12,18,20H,1,6-7,9-11,13-14H2,2-5H3/b16-8-,17-12+/t18-,20-,21-/m1/s1. The molecule has 1 aliphatic carbocycles. The number of epoxide rings is 1. The zero-order valence-electron chi connectivity index (χ0n) is 15.3. The van der Waals surface area contributed by atoms with Crippen molar-refractivity contribution in [1.29, 1.82) is 0 Å². The Morgan fingerprint density at radius 1 is 1.30 bits per heavy atom. The predicted molar refractivity (Wildman–Crippen MR) is 96.4 cm³/mol. The Hall–Kier alpha value is -1.15. The molecule has 0 spiro atoms. The first-order valence-corrected chi connectivity index (χ1v) is 8.99. The molecule has 1 aliphatic heterocycles. The van der Waals surface area contributed by atoms with E-state index < -0.39 is 0 Å². The average molecular weight is 316 g/mol. The third-order valence-corrected chi connectivity index (χ3v) is 5.32. The van der Waals surface area contributed by atoms with Crippen molar-refractivity contribution in [1.82, 2.24) is 0 Å². The zero-order chi connectivity index (χ0) is 17.0. The second-order valence-electron chi connectivity index (χ2n) is 7.81. The molecule has 1 heterocycles. The van der Waals surface area contributed by atoms with Crippen molar-refractivity contribution >= 4 is 5.78 Å². The molecule has 0 amide bonds. The van der Waals surface area contributed by atoms with Gasteiger partial charge in [-0.25, -0.2) is 0 Å². The lowest BCUT2D eigenvalue weighted by atomic mass is 9.86. The number of rotatable bonds is 1. The third kappa shape index (κ3) is 5.46. The number of carbonyl (C=O) groups excluding carboxylic acids is 1. The normalized spacial score (nSPS) is 38.2. The molecule has 2 rings (SSSR count). The quantitative estimate of drug-likeness (QED) is 0.469. The molecule has 1 fully saturated rings. The number of fused-ring (bicyclic) bond motifs is 1. The molecule has 0 unspecified atom stereocenters. The van der Waals surface area contributed by atoms with Crippen LogP contribution in [0, 0.1) is 5.92 Å². The Balaban J connectivity index is 2.10. The van der Waals surface area contributed by atoms with Crippen LogP contribution in [0.1, 0.15) is 72.6 Å². The van der Waals surface area contributed by atoms with E-state index in [1.54, 1.807) is 0 Å². The highest BCUT2D eigenvalue weighted by molar-refractivity contribution is 5.91. The van der Waals surface area contributed by atoms with Gasteiger partial charge in [0.05, 0.1) is 11.7 Å². The van der Waals surface area contributed by atoms with Crippen molar-refractivity contribution in [2.45, 2.75) is 84.3 Å². The van der Waals surface area contributed by atoms with Crippen LogP contribution in [0.4, 0.5) is 0 Å². The molecule has 2 aliphatic rings. The van der Waals surface area contributed by atoms with Crippen LogP contribution in [0.2, 0.25) is 0 Å². The van der Waals surface area contributed by atoms with Gasteiger partial charge in [-0.05, 0) is 78.2 Å². The van der Waals surface area contributed by atoms with Crippen LogP contribution >= 0.6 is 0 Å². The van der Waals surface area contributed by atoms with Crippen molar-refractivity contribution in [3.05, 3.63) is 35.5 Å². The first kappa shape index (κ1) is 18.2. The summed E-state index contributed by atoms with van der Waals surface area (Å²) in [4.78, 5) is 12.3. The summed E-state index contributed by atoms with van der Waals surface area (Å²) in [5.74, 6) is 0.698. The maximum Gasteiger partial charge on any atom is 0.158 e. The van der Waals surface area contributed by atoms with Crippen LogP contribution in [0.5, 0.6) is 0 Å². The highest BCUT2D eigenvalue weighted by atomic mass is 16.6. The van der Waals surface area contributed by atoms with E-state index in [1.165, 1.54) is 16.7 Å². The molecule has 2 nitrogen and oxygen atoms in total. The Morgan fingerprint density at radius 2 is 2.04 bits per heavy atom. The van der Waals surface area contributed by atoms with Gasteiger partial charge < -0.3 is 4.74 Å². The predicted octanol–water partition coefficient (Wildman–Crippen LogP) is 5.54. The summed E-state index contributed by atoms with van der Waals surface area (Å²) < 4.78 is 5.91. The van der Waals surface area contributed by atoms with Crippen LogP contribution in [-0.4, -0.2) is 17.5 Å². The lowest BCUT2D eigenvalue weighted by Gasteiger charge is -2.17. The molecule has 23 heavy (non-hydrogen) atoms. The van der Waals surface area contributed by atoms with E-state index >= 15 is 0 Å². The summed E-state index contributed by atoms with van der Waals surface area (Å²) in [6.45, 7) is 12.7. The summed E-state index contributed by atoms with van der Waals surface area (Å²) in [7, 11) is 0. The van der Waals surface area contributed by atoms with Crippen molar-refractivity contribution in [2.75, 3.05) is 0 Å². The Morgan fingerprint density at radius 3 is 2.74 bits per heavy atom. The van der Waals surface area contributed by atoms with Crippen molar-refractivity contribution < 1.29 is 9.53 Å². The molecule has 3 atom stereocenters. The van der Waals surface area contributed by atoms with E-state index in [9.17, 15) is 4.79 Å². The van der Waals surface area contributed by atoms with Gasteiger partial charge in [0.1, 0.15) is 0 Å². The molecule has 0 aromatic heterocycles. The smallest absolute Gasteiger partial charge is 0.158 e. The van der Waals surface area contributed by atoms with Crippen LogP contribution in [0.25, 0.3) is 0 Å². The van der Waals surface area contributed by atoms with Gasteiger partial charge in [-0.3, -0.25) is 4.79 Å². The first-order chi connectivity index (χ1) is 10.8. The van der Waals surface area contributed by atoms with Gasteiger partial charge in [-0.2, -0.15) is 0 Å². The molecule has 0 saturated carbocycles. The number of hydrogen-bond donors (Lipinski definition) is 0. The molecule has 0 bridgehead atoms. The van der Waals surface area contributed by atoms with Crippen LogP contribution in [-0.2, 0) is 9.53 Å². The first-order valence-electron chi connectivity index (χ1n) is 8.99. The molecule has 128 valence electrons. The Kier molecular flexibility index (Phi) is 6.02. The van der Waals surface area contributed by atoms with Crippen molar-refractivity contribution in [2.24, 2.45) is 5.92 Å². The minimum atomic E-state index is -0.257. The van der Waals surface area contributed by atoms with E-state index in [0.717, 1.165) is 38.5 Å². The van der Waals surface area contributed by atoms with Gasteiger partial charge in [-0.15, -0.1) is 0 Å². The van der Waals surface area contributed by atoms with Crippen LogP contribution in [0.15, 0.2) is 35.5 Å². The number of carbonyl (C=O) groups is 1. The third-order valence-electron chi connectivity index (χ3n) is 5.32. The van der Waals surface area contributed by atoms with Crippen LogP contribution < -0.4 is 0 Å². The van der Waals surface area contributed by atoms with E-state index in [4.69, 9.17) is 4.74 Å². The Bertz CT molecular complexity index is 526. The number of ketones is 1. The molecule has 1 saturated heterocycles. The Labute approximate surface area is 141 Å². The highest BCUT2D eigenvalue weighted by Crippen LogP contribution is 2.45. The van der Waals surface area contributed by atoms with E-state index in [-0.39, 0.29) is 17.5 Å². The second kappa shape index (κ2) is 7.61. The van der Waals surface area contributed by atoms with Gasteiger partial charge in [0.2, 0.25) is 0 Å². The SMILES string of the molecule is C=C(C)[C@@H]1CC/C(C)=C\CCC/C(C)=C/C(=O)C[C@@]2(C)O[C@@H]2C1. The largest absolute Gasteiger partial charge is 0.366 e. The van der Waals surface area contributed by atoms with E-state index in [1.807, 2.05) is 6.08 Å². The highest BCUT2D eigenvalue weighted by Gasteiger charge is 2.53. The molecule has 0 aromatic carbocycles. The fraction of sp³-hybridized carbons (Fsp3) is 0.667. The van der Waals surface area contributed by atoms with Gasteiger partial charge in [-0.1, -0.05) is 29.4 Å². The molecule has 0 aromatic rings. The summed E-state index contributed by atoms with van der Waals surface area (Å²) in [5.41, 5.74) is 3.65. The topological polar surface area (TPSA) is 29.6 Å². The van der Waals surface area contributed by atoms with Crippen molar-refractivity contribution in [3.8, 4) is 0 Å². The number of allylic oxidation sites excluding steroid dienone is 5. The molecular formula is C21H32O2. The molecule has 2 heteroatoms. The monoisotopic (exact) mass is 316 g/mol. The van der Waals surface area contributed by atoms with Gasteiger partial charge in [0.25, 0.3) is 0 Å². The minimum Gasteiger partial charge on any atom is -0.366 e. The molecule has 0 radical (unpaired) electrons. The van der Waals surface area contributed by atoms with E-state index in [0.29, 0.717) is 12.3 Å². The van der Waals surface area contributed by atoms with Gasteiger partial charge in [0.15, 0.2) is 5.78 Å². The summed E-state index contributed by atoms with van der Waals surface area (Å²) in [6, 6.07) is 0. The molecule has 0 N–H and O–H groups in total. The van der Waals surface area contributed by atoms with Gasteiger partial charge in [0, 0.05) is 6.42 Å². The fourth-order valence-corrected chi connectivity index (χ4v) is 3.55. The van der Waals surface area contributed by atoms with E-state index in [2.05, 4.69) is 40.3 Å². The minimum absolute atomic E-state index is 0.205. The lowest BCUT2D eigenvalue weighted by Crippen LogP contribution is -2.17. The lowest BCUT2D eigenvalue weighted by molar-refractivity contribution is -0.115. The summed E-state index contributed by atoms with van der Waals surface area (Å²) in [5, 5.41) is 0. The molecular weight excluding hydrogens is 284 g/mol. The zero-order valence-corrected chi connectivity index (χ0v) is 15.3. The second-order valence-corrected chi connectivity index (χ2v) is 7.81. The average Bonchev–Trinajstić information content (AvgIpc) is 3.07. The maximum atomic E-state index is 12.3. The number of hydrogen-bond acceptors (Lipinski definition) is 2. The van der Waals surface area contributed by atoms with Gasteiger partial charge >= 0.3 is 0 Å². The number of ether oxygens (including phenoxy) is 1. The van der Waals surface area contributed by atoms with Crippen molar-refractivity contribution in [3.63, 3.8) is 0 Å². The van der Waals surface area contributed by atoms with Crippen LogP contribution in [0.3, 0.4) is 0 Å². The fourth-order valence-electron chi connectivity index (χ4n) is 3.55. The summed E-state index contributed by atoms with van der Waals surface area (Å²) >= 11 is 0. The summed E-state index contributed by atoms with van der Waals surface area (Å²) in [6.07, 6.45) is 11.4. The maximum absolute atomic E-state index is 12.3.